The van der Waals surface area contributed by atoms with Gasteiger partial charge in [-0.2, -0.15) is 0 Å². The number of hydrogen-bond acceptors (Lipinski definition) is 4. The Kier molecular flexibility index (Phi) is 14.4. The van der Waals surface area contributed by atoms with E-state index < -0.39 is 15.6 Å². The predicted octanol–water partition coefficient (Wildman–Crippen LogP) is 3.56. The zero-order valence-corrected chi connectivity index (χ0v) is 23.7. The molecule has 4 rings (SSSR count). The molecule has 0 amide bonds. The van der Waals surface area contributed by atoms with Gasteiger partial charge in [-0.1, -0.05) is 68.9 Å². The predicted molar refractivity (Wildman–Crippen MR) is 150 cm³/mol. The Labute approximate surface area is 229 Å². The summed E-state index contributed by atoms with van der Waals surface area (Å²) in [6.07, 6.45) is 13.0. The summed E-state index contributed by atoms with van der Waals surface area (Å²) < 4.78 is 23.8. The summed E-state index contributed by atoms with van der Waals surface area (Å²) in [6, 6.07) is 15.7. The summed E-state index contributed by atoms with van der Waals surface area (Å²) in [5.41, 5.74) is 0. The van der Waals surface area contributed by atoms with Crippen molar-refractivity contribution >= 4 is 32.4 Å². The topological polar surface area (TPSA) is 201 Å². The van der Waals surface area contributed by atoms with Gasteiger partial charge >= 0.3 is 15.6 Å². The maximum absolute atomic E-state index is 8.88. The first-order chi connectivity index (χ1) is 18.4. The second kappa shape index (κ2) is 16.9. The van der Waals surface area contributed by atoms with Crippen LogP contribution in [0.4, 0.5) is 0 Å². The molecule has 39 heavy (non-hydrogen) atoms. The third kappa shape index (κ3) is 17.3. The zero-order chi connectivity index (χ0) is 28.7. The first kappa shape index (κ1) is 33.2. The molecular formula is C25H41N3O9P2. The molecule has 2 aromatic carbocycles. The number of aliphatic imine (C=N–C) groups is 1. The van der Waals surface area contributed by atoms with E-state index in [1.54, 1.807) is 0 Å². The maximum Gasteiger partial charge on any atom is 0.466 e. The minimum atomic E-state index is -4.64. The lowest BCUT2D eigenvalue weighted by Gasteiger charge is -2.27. The number of nitrogens with zero attached hydrogens (tertiary/aromatic N) is 1. The molecule has 0 radical (unpaired) electrons. The summed E-state index contributed by atoms with van der Waals surface area (Å²) in [4.78, 5) is 48.2. The summed E-state index contributed by atoms with van der Waals surface area (Å²) in [5, 5.41) is 9.71. The van der Waals surface area contributed by atoms with E-state index in [4.69, 9.17) is 48.2 Å². The van der Waals surface area contributed by atoms with Gasteiger partial charge in [-0.3, -0.25) is 0 Å². The molecule has 2 aliphatic rings. The fourth-order valence-electron chi connectivity index (χ4n) is 4.56. The molecule has 220 valence electrons. The average molecular weight is 590 g/mol. The Morgan fingerprint density at radius 2 is 1.33 bits per heavy atom. The number of rotatable bonds is 6. The number of ether oxygens (including phenoxy) is 1. The van der Waals surface area contributed by atoms with Crippen LogP contribution in [-0.2, 0) is 9.13 Å². The largest absolute Gasteiger partial charge is 0.492 e. The molecule has 2 aromatic rings. The van der Waals surface area contributed by atoms with E-state index in [0.717, 1.165) is 18.3 Å². The summed E-state index contributed by atoms with van der Waals surface area (Å²) in [6.45, 7) is 1.40. The third-order valence-corrected chi connectivity index (χ3v) is 6.22. The van der Waals surface area contributed by atoms with Gasteiger partial charge in [-0.25, -0.2) is 14.1 Å². The lowest BCUT2D eigenvalue weighted by atomic mass is 9.95. The third-order valence-electron chi connectivity index (χ3n) is 6.22. The number of benzene rings is 2. The van der Waals surface area contributed by atoms with Gasteiger partial charge in [0.2, 0.25) is 0 Å². The highest BCUT2D eigenvalue weighted by Crippen LogP contribution is 2.26. The van der Waals surface area contributed by atoms with Crippen LogP contribution in [0.3, 0.4) is 0 Å². The molecule has 2 aliphatic carbocycles. The van der Waals surface area contributed by atoms with Crippen molar-refractivity contribution < 1.29 is 43.2 Å². The van der Waals surface area contributed by atoms with Gasteiger partial charge in [0.15, 0.2) is 5.96 Å². The standard InChI is InChI=1S/C25H35N3O.2H3O4P/c1-3-11-22(12-4-1)27-25(28-23-13-5-2-6-14-23)26-17-18-29-24-16-15-20-9-7-8-10-21(20)19-24;2*1-5(2,3)4/h7-10,15-16,19,22-23H,1-6,11-14,17-18H2,(H2,26,27,28);2*(H3,1,2,3,4). The van der Waals surface area contributed by atoms with E-state index >= 15 is 0 Å². The van der Waals surface area contributed by atoms with Gasteiger partial charge in [-0.05, 0) is 48.6 Å². The van der Waals surface area contributed by atoms with E-state index in [-0.39, 0.29) is 0 Å². The van der Waals surface area contributed by atoms with Crippen LogP contribution in [0.5, 0.6) is 5.75 Å². The second-order valence-corrected chi connectivity index (χ2v) is 11.6. The van der Waals surface area contributed by atoms with E-state index in [0.29, 0.717) is 18.7 Å². The summed E-state index contributed by atoms with van der Waals surface area (Å²) in [5.74, 6) is 1.92. The van der Waals surface area contributed by atoms with E-state index in [9.17, 15) is 0 Å². The van der Waals surface area contributed by atoms with E-state index in [1.165, 1.54) is 75.0 Å². The Morgan fingerprint density at radius 1 is 0.795 bits per heavy atom. The van der Waals surface area contributed by atoms with Crippen molar-refractivity contribution in [1.29, 1.82) is 0 Å². The molecule has 0 unspecified atom stereocenters. The number of hydrogen-bond donors (Lipinski definition) is 8. The van der Waals surface area contributed by atoms with E-state index in [2.05, 4.69) is 53.1 Å². The van der Waals surface area contributed by atoms with Crippen molar-refractivity contribution in [2.45, 2.75) is 76.3 Å². The minimum absolute atomic E-state index is 0.476. The summed E-state index contributed by atoms with van der Waals surface area (Å²) in [7, 11) is -9.28. The molecule has 0 aromatic heterocycles. The molecule has 0 saturated heterocycles. The van der Waals surface area contributed by atoms with Crippen LogP contribution in [-0.4, -0.2) is 60.6 Å². The van der Waals surface area contributed by atoms with Crippen LogP contribution < -0.4 is 15.4 Å². The molecule has 14 heteroatoms. The normalized spacial score (nSPS) is 17.3. The molecule has 2 saturated carbocycles. The van der Waals surface area contributed by atoms with Crippen LogP contribution in [0.1, 0.15) is 64.2 Å². The van der Waals surface area contributed by atoms with Crippen LogP contribution >= 0.6 is 15.6 Å². The minimum Gasteiger partial charge on any atom is -0.492 e. The Morgan fingerprint density at radius 3 is 1.92 bits per heavy atom. The quantitative estimate of drug-likeness (QED) is 0.106. The van der Waals surface area contributed by atoms with Gasteiger partial charge in [0.05, 0.1) is 12.6 Å². The monoisotopic (exact) mass is 589 g/mol. The van der Waals surface area contributed by atoms with Crippen molar-refractivity contribution in [2.75, 3.05) is 13.2 Å². The van der Waals surface area contributed by atoms with Crippen LogP contribution in [0.15, 0.2) is 47.5 Å². The lowest BCUT2D eigenvalue weighted by molar-refractivity contribution is 0.272. The molecule has 2 fully saturated rings. The second-order valence-electron chi connectivity index (χ2n) is 9.56. The van der Waals surface area contributed by atoms with Gasteiger partial charge in [0, 0.05) is 6.04 Å². The van der Waals surface area contributed by atoms with Gasteiger partial charge < -0.3 is 44.7 Å². The maximum atomic E-state index is 8.88. The van der Waals surface area contributed by atoms with Gasteiger partial charge in [-0.15, -0.1) is 0 Å². The lowest BCUT2D eigenvalue weighted by Crippen LogP contribution is -2.46. The highest BCUT2D eigenvalue weighted by Gasteiger charge is 2.17. The van der Waals surface area contributed by atoms with Crippen molar-refractivity contribution in [2.24, 2.45) is 4.99 Å². The molecule has 0 aliphatic heterocycles. The smallest absolute Gasteiger partial charge is 0.466 e. The van der Waals surface area contributed by atoms with Crippen molar-refractivity contribution in [3.05, 3.63) is 42.5 Å². The van der Waals surface area contributed by atoms with Crippen molar-refractivity contribution in [3.63, 3.8) is 0 Å². The van der Waals surface area contributed by atoms with E-state index in [1.807, 2.05) is 0 Å². The molecule has 0 spiro atoms. The van der Waals surface area contributed by atoms with Crippen molar-refractivity contribution in [1.82, 2.24) is 10.6 Å². The van der Waals surface area contributed by atoms with Crippen LogP contribution in [0.25, 0.3) is 10.8 Å². The zero-order valence-electron chi connectivity index (χ0n) is 21.9. The molecule has 0 bridgehead atoms. The molecule has 8 N–H and O–H groups in total. The Bertz CT molecular complexity index is 1070. The van der Waals surface area contributed by atoms with Gasteiger partial charge in [0.25, 0.3) is 0 Å². The molecule has 12 nitrogen and oxygen atoms in total. The highest BCUT2D eigenvalue weighted by atomic mass is 31.2. The van der Waals surface area contributed by atoms with Crippen LogP contribution in [0.2, 0.25) is 0 Å². The number of nitrogens with one attached hydrogen (secondary N) is 2. The summed E-state index contributed by atoms with van der Waals surface area (Å²) >= 11 is 0. The fraction of sp³-hybridized carbons (Fsp3) is 0.560. The molecular weight excluding hydrogens is 548 g/mol. The Balaban J connectivity index is 0.000000458. The first-order valence-corrected chi connectivity index (χ1v) is 16.3. The SMILES string of the molecule is O=P(O)(O)O.O=P(O)(O)O.c1ccc2cc(OCCNC(=NC3CCCCC3)NC3CCCCC3)ccc2c1. The van der Waals surface area contributed by atoms with Gasteiger partial charge in [0.1, 0.15) is 12.4 Å². The fourth-order valence-corrected chi connectivity index (χ4v) is 4.56. The molecule has 0 atom stereocenters. The van der Waals surface area contributed by atoms with Crippen LogP contribution in [0, 0.1) is 0 Å². The average Bonchev–Trinajstić information content (AvgIpc) is 2.86. The first-order valence-electron chi connectivity index (χ1n) is 13.1. The molecule has 0 heterocycles. The number of guanidine groups is 1. The van der Waals surface area contributed by atoms with Crippen molar-refractivity contribution in [3.8, 4) is 5.75 Å². The Hall–Kier alpha value is -2.01. The number of fused-ring (bicyclic) bond motifs is 1. The highest BCUT2D eigenvalue weighted by molar-refractivity contribution is 7.45. The number of phosphoric acid groups is 2.